The number of halogens is 1. The fourth-order valence-corrected chi connectivity index (χ4v) is 4.00. The highest BCUT2D eigenvalue weighted by molar-refractivity contribution is 7.89. The Morgan fingerprint density at radius 2 is 1.92 bits per heavy atom. The Bertz CT molecular complexity index is 1080. The molecule has 0 aliphatic heterocycles. The molecule has 26 heavy (non-hydrogen) atoms. The van der Waals surface area contributed by atoms with Crippen molar-refractivity contribution >= 4 is 21.6 Å². The van der Waals surface area contributed by atoms with Gasteiger partial charge >= 0.3 is 5.69 Å². The number of nitrogens with zero attached hydrogens (tertiary/aromatic N) is 3. The average molecular weight is 394 g/mol. The molecule has 2 heterocycles. The predicted molar refractivity (Wildman–Crippen MR) is 97.4 cm³/mol. The van der Waals surface area contributed by atoms with E-state index in [0.717, 1.165) is 11.1 Å². The summed E-state index contributed by atoms with van der Waals surface area (Å²) in [6, 6.07) is 8.37. The molecule has 0 saturated carbocycles. The number of H-pyrrole nitrogens is 1. The van der Waals surface area contributed by atoms with E-state index < -0.39 is 10.0 Å². The first-order valence-corrected chi connectivity index (χ1v) is 9.54. The molecule has 136 valence electrons. The quantitative estimate of drug-likeness (QED) is 0.656. The van der Waals surface area contributed by atoms with Gasteiger partial charge in [0.05, 0.1) is 5.02 Å². The lowest BCUT2D eigenvalue weighted by Crippen LogP contribution is -2.27. The molecule has 0 atom stereocenters. The lowest BCUT2D eigenvalue weighted by molar-refractivity contribution is 0.580. The molecule has 0 fully saturated rings. The second-order valence-electron chi connectivity index (χ2n) is 5.53. The number of nitrogens with one attached hydrogen (secondary N) is 2. The Morgan fingerprint density at radius 1 is 1.19 bits per heavy atom. The van der Waals surface area contributed by atoms with Crippen molar-refractivity contribution in [3.8, 4) is 11.1 Å². The standard InChI is InChI=1S/C16H16ClN5O3S/c1-22-15(20-21-16(22)23)6-9-19-26(24,25)14-3-2-12(10-13(14)17)11-4-7-18-8-5-11/h2-5,7-8,10,19H,6,9H2,1H3,(H,21,23). The number of aromatic amines is 1. The summed E-state index contributed by atoms with van der Waals surface area (Å²) in [5.41, 5.74) is 1.33. The van der Waals surface area contributed by atoms with E-state index in [1.807, 2.05) is 12.1 Å². The number of benzene rings is 1. The molecule has 3 aromatic rings. The topological polar surface area (TPSA) is 110 Å². The maximum atomic E-state index is 12.5. The fourth-order valence-electron chi connectivity index (χ4n) is 2.42. The number of sulfonamides is 1. The van der Waals surface area contributed by atoms with Gasteiger partial charge in [0.25, 0.3) is 0 Å². The molecule has 0 bridgehead atoms. The number of pyridine rings is 1. The van der Waals surface area contributed by atoms with Crippen LogP contribution in [0, 0.1) is 0 Å². The molecule has 0 aliphatic rings. The molecule has 0 unspecified atom stereocenters. The van der Waals surface area contributed by atoms with E-state index in [1.165, 1.54) is 10.6 Å². The van der Waals surface area contributed by atoms with Crippen LogP contribution in [0.1, 0.15) is 5.82 Å². The van der Waals surface area contributed by atoms with Crippen LogP contribution in [0.2, 0.25) is 5.02 Å². The second-order valence-corrected chi connectivity index (χ2v) is 7.68. The third-order valence-corrected chi connectivity index (χ3v) is 5.79. The van der Waals surface area contributed by atoms with Crippen molar-refractivity contribution in [3.05, 3.63) is 64.1 Å². The van der Waals surface area contributed by atoms with Crippen molar-refractivity contribution in [2.24, 2.45) is 7.05 Å². The third-order valence-electron chi connectivity index (χ3n) is 3.85. The Hall–Kier alpha value is -2.49. The van der Waals surface area contributed by atoms with Crippen LogP contribution in [0.25, 0.3) is 11.1 Å². The van der Waals surface area contributed by atoms with Crippen molar-refractivity contribution in [2.45, 2.75) is 11.3 Å². The van der Waals surface area contributed by atoms with Gasteiger partial charge in [0.2, 0.25) is 10.0 Å². The third kappa shape index (κ3) is 3.85. The van der Waals surface area contributed by atoms with Crippen LogP contribution >= 0.6 is 11.6 Å². The van der Waals surface area contributed by atoms with Gasteiger partial charge < -0.3 is 0 Å². The largest absolute Gasteiger partial charge is 0.343 e. The Balaban J connectivity index is 1.74. The zero-order valence-electron chi connectivity index (χ0n) is 13.8. The average Bonchev–Trinajstić information content (AvgIpc) is 2.94. The number of aromatic nitrogens is 4. The van der Waals surface area contributed by atoms with Crippen molar-refractivity contribution < 1.29 is 8.42 Å². The van der Waals surface area contributed by atoms with E-state index in [2.05, 4.69) is 19.9 Å². The van der Waals surface area contributed by atoms with Crippen molar-refractivity contribution in [1.29, 1.82) is 0 Å². The van der Waals surface area contributed by atoms with Crippen LogP contribution in [-0.2, 0) is 23.5 Å². The lowest BCUT2D eigenvalue weighted by atomic mass is 10.1. The minimum absolute atomic E-state index is 0.00658. The molecule has 1 aromatic carbocycles. The predicted octanol–water partition coefficient (Wildman–Crippen LogP) is 1.34. The van der Waals surface area contributed by atoms with Gasteiger partial charge in [0, 0.05) is 32.4 Å². The highest BCUT2D eigenvalue weighted by Gasteiger charge is 2.18. The van der Waals surface area contributed by atoms with Crippen molar-refractivity contribution in [3.63, 3.8) is 0 Å². The Morgan fingerprint density at radius 3 is 2.54 bits per heavy atom. The molecule has 0 amide bonds. The van der Waals surface area contributed by atoms with Crippen LogP contribution in [-0.4, -0.2) is 34.7 Å². The molecule has 3 rings (SSSR count). The first-order valence-electron chi connectivity index (χ1n) is 7.68. The molecule has 0 radical (unpaired) electrons. The first kappa shape index (κ1) is 18.3. The van der Waals surface area contributed by atoms with Crippen LogP contribution < -0.4 is 10.4 Å². The molecule has 0 saturated heterocycles. The van der Waals surface area contributed by atoms with E-state index in [1.54, 1.807) is 31.6 Å². The highest BCUT2D eigenvalue weighted by Crippen LogP contribution is 2.27. The van der Waals surface area contributed by atoms with Crippen molar-refractivity contribution in [1.82, 2.24) is 24.5 Å². The van der Waals surface area contributed by atoms with E-state index in [0.29, 0.717) is 5.82 Å². The van der Waals surface area contributed by atoms with Gasteiger partial charge in [0.15, 0.2) is 0 Å². The summed E-state index contributed by atoms with van der Waals surface area (Å²) < 4.78 is 28.8. The van der Waals surface area contributed by atoms with E-state index in [-0.39, 0.29) is 28.6 Å². The summed E-state index contributed by atoms with van der Waals surface area (Å²) >= 11 is 6.19. The smallest absolute Gasteiger partial charge is 0.282 e. The molecule has 10 heteroatoms. The van der Waals surface area contributed by atoms with Gasteiger partial charge in [-0.3, -0.25) is 9.55 Å². The maximum Gasteiger partial charge on any atom is 0.343 e. The Kier molecular flexibility index (Phi) is 5.21. The van der Waals surface area contributed by atoms with Gasteiger partial charge in [-0.2, -0.15) is 5.10 Å². The summed E-state index contributed by atoms with van der Waals surface area (Å²) in [6.07, 6.45) is 3.57. The number of rotatable bonds is 6. The van der Waals surface area contributed by atoms with E-state index in [4.69, 9.17) is 11.6 Å². The van der Waals surface area contributed by atoms with Gasteiger partial charge in [-0.15, -0.1) is 0 Å². The Labute approximate surface area is 154 Å². The molecule has 0 aliphatic carbocycles. The van der Waals surface area contributed by atoms with Crippen LogP contribution in [0.3, 0.4) is 0 Å². The SMILES string of the molecule is Cn1c(CCNS(=O)(=O)c2ccc(-c3ccncc3)cc2Cl)n[nH]c1=O. The summed E-state index contributed by atoms with van der Waals surface area (Å²) in [6.45, 7) is 0.0862. The number of hydrogen-bond acceptors (Lipinski definition) is 5. The zero-order valence-corrected chi connectivity index (χ0v) is 15.4. The highest BCUT2D eigenvalue weighted by atomic mass is 35.5. The van der Waals surface area contributed by atoms with Crippen LogP contribution in [0.5, 0.6) is 0 Å². The first-order chi connectivity index (χ1) is 12.4. The van der Waals surface area contributed by atoms with Crippen molar-refractivity contribution in [2.75, 3.05) is 6.54 Å². The molecule has 2 aromatic heterocycles. The molecular formula is C16H16ClN5O3S. The molecule has 0 spiro atoms. The molecule has 2 N–H and O–H groups in total. The van der Waals surface area contributed by atoms with Gasteiger partial charge in [0.1, 0.15) is 10.7 Å². The van der Waals surface area contributed by atoms with Crippen LogP contribution in [0.4, 0.5) is 0 Å². The fraction of sp³-hybridized carbons (Fsp3) is 0.188. The van der Waals surface area contributed by atoms with Gasteiger partial charge in [-0.1, -0.05) is 17.7 Å². The second kappa shape index (κ2) is 7.40. The summed E-state index contributed by atoms with van der Waals surface area (Å²) in [7, 11) is -2.23. The lowest BCUT2D eigenvalue weighted by Gasteiger charge is -2.10. The minimum Gasteiger partial charge on any atom is -0.282 e. The normalized spacial score (nSPS) is 11.6. The maximum absolute atomic E-state index is 12.5. The minimum atomic E-state index is -3.79. The zero-order chi connectivity index (χ0) is 18.7. The van der Waals surface area contributed by atoms with Crippen LogP contribution in [0.15, 0.2) is 52.4 Å². The summed E-state index contributed by atoms with van der Waals surface area (Å²) in [4.78, 5) is 15.2. The summed E-state index contributed by atoms with van der Waals surface area (Å²) in [5.74, 6) is 0.455. The monoisotopic (exact) mass is 393 g/mol. The summed E-state index contributed by atoms with van der Waals surface area (Å²) in [5, 5.41) is 6.26. The number of hydrogen-bond donors (Lipinski definition) is 2. The van der Waals surface area contributed by atoms with E-state index >= 15 is 0 Å². The van der Waals surface area contributed by atoms with Gasteiger partial charge in [-0.05, 0) is 35.4 Å². The van der Waals surface area contributed by atoms with E-state index in [9.17, 15) is 13.2 Å². The molecular weight excluding hydrogens is 378 g/mol. The van der Waals surface area contributed by atoms with Gasteiger partial charge in [-0.25, -0.2) is 23.0 Å². The molecule has 8 nitrogen and oxygen atoms in total.